The summed E-state index contributed by atoms with van der Waals surface area (Å²) in [6.07, 6.45) is 5.28. The first-order valence-corrected chi connectivity index (χ1v) is 7.72. The SMILES string of the molecule is COC1CCC(C)(CN=C(N)N2CCOC(C)C2)CC1. The number of ether oxygens (including phenoxy) is 2. The van der Waals surface area contributed by atoms with Crippen LogP contribution >= 0.6 is 0 Å². The summed E-state index contributed by atoms with van der Waals surface area (Å²) < 4.78 is 11.0. The molecule has 2 aliphatic rings. The molecule has 1 saturated heterocycles. The van der Waals surface area contributed by atoms with Crippen molar-refractivity contribution in [2.24, 2.45) is 16.1 Å². The van der Waals surface area contributed by atoms with Gasteiger partial charge in [-0.05, 0) is 38.0 Å². The Balaban J connectivity index is 1.85. The van der Waals surface area contributed by atoms with Gasteiger partial charge in [0.15, 0.2) is 5.96 Å². The lowest BCUT2D eigenvalue weighted by Crippen LogP contribution is -2.48. The van der Waals surface area contributed by atoms with E-state index in [9.17, 15) is 0 Å². The number of guanidine groups is 1. The third-order valence-corrected chi connectivity index (χ3v) is 4.66. The second kappa shape index (κ2) is 6.76. The molecule has 0 aromatic rings. The normalized spacial score (nSPS) is 36.1. The maximum absolute atomic E-state index is 6.14. The van der Waals surface area contributed by atoms with Gasteiger partial charge in [0.2, 0.25) is 0 Å². The van der Waals surface area contributed by atoms with E-state index in [1.54, 1.807) is 0 Å². The first-order valence-electron chi connectivity index (χ1n) is 7.72. The van der Waals surface area contributed by atoms with E-state index in [-0.39, 0.29) is 11.5 Å². The number of rotatable bonds is 3. The van der Waals surface area contributed by atoms with Crippen molar-refractivity contribution < 1.29 is 9.47 Å². The monoisotopic (exact) mass is 283 g/mol. The Labute approximate surface area is 122 Å². The summed E-state index contributed by atoms with van der Waals surface area (Å²) in [7, 11) is 1.81. The van der Waals surface area contributed by atoms with E-state index in [1.165, 1.54) is 12.8 Å². The van der Waals surface area contributed by atoms with Gasteiger partial charge < -0.3 is 20.1 Å². The minimum Gasteiger partial charge on any atom is -0.381 e. The quantitative estimate of drug-likeness (QED) is 0.631. The smallest absolute Gasteiger partial charge is 0.191 e. The Kier molecular flexibility index (Phi) is 5.27. The van der Waals surface area contributed by atoms with Gasteiger partial charge in [-0.3, -0.25) is 4.99 Å². The molecule has 1 atom stereocenters. The number of nitrogens with zero attached hydrogens (tertiary/aromatic N) is 2. The first-order chi connectivity index (χ1) is 9.52. The van der Waals surface area contributed by atoms with Gasteiger partial charge in [-0.1, -0.05) is 6.92 Å². The van der Waals surface area contributed by atoms with Crippen molar-refractivity contribution in [2.45, 2.75) is 51.7 Å². The lowest BCUT2D eigenvalue weighted by atomic mass is 9.75. The highest BCUT2D eigenvalue weighted by Crippen LogP contribution is 2.37. The molecule has 0 radical (unpaired) electrons. The molecule has 1 saturated carbocycles. The molecule has 2 rings (SSSR count). The maximum Gasteiger partial charge on any atom is 0.191 e. The molecule has 0 aromatic carbocycles. The van der Waals surface area contributed by atoms with Crippen LogP contribution < -0.4 is 5.73 Å². The highest BCUT2D eigenvalue weighted by atomic mass is 16.5. The predicted molar refractivity (Wildman–Crippen MR) is 80.8 cm³/mol. The van der Waals surface area contributed by atoms with Crippen molar-refractivity contribution in [1.29, 1.82) is 0 Å². The van der Waals surface area contributed by atoms with Crippen molar-refractivity contribution in [1.82, 2.24) is 4.90 Å². The summed E-state index contributed by atoms with van der Waals surface area (Å²) >= 11 is 0. The van der Waals surface area contributed by atoms with E-state index in [2.05, 4.69) is 23.7 Å². The standard InChI is InChI=1S/C15H29N3O2/c1-12-10-18(8-9-20-12)14(16)17-11-15(2)6-4-13(19-3)5-7-15/h12-13H,4-11H2,1-3H3,(H2,16,17). The molecule has 1 aliphatic heterocycles. The molecule has 0 amide bonds. The minimum atomic E-state index is 0.241. The average Bonchev–Trinajstić information content (AvgIpc) is 2.46. The van der Waals surface area contributed by atoms with Crippen molar-refractivity contribution >= 4 is 5.96 Å². The molecule has 2 fully saturated rings. The molecule has 1 aliphatic carbocycles. The van der Waals surface area contributed by atoms with Crippen LogP contribution in [0.1, 0.15) is 39.5 Å². The van der Waals surface area contributed by atoms with E-state index < -0.39 is 0 Å². The van der Waals surface area contributed by atoms with Gasteiger partial charge in [-0.2, -0.15) is 0 Å². The van der Waals surface area contributed by atoms with Crippen LogP contribution in [0.15, 0.2) is 4.99 Å². The lowest BCUT2D eigenvalue weighted by molar-refractivity contribution is 0.00504. The third kappa shape index (κ3) is 4.09. The molecule has 116 valence electrons. The number of morpholine rings is 1. The van der Waals surface area contributed by atoms with Gasteiger partial charge in [0.1, 0.15) is 0 Å². The van der Waals surface area contributed by atoms with Crippen molar-refractivity contribution in [3.63, 3.8) is 0 Å². The summed E-state index contributed by atoms with van der Waals surface area (Å²) in [5.74, 6) is 0.676. The van der Waals surface area contributed by atoms with Crippen molar-refractivity contribution in [3.8, 4) is 0 Å². The van der Waals surface area contributed by atoms with E-state index in [0.717, 1.165) is 39.1 Å². The van der Waals surface area contributed by atoms with E-state index in [4.69, 9.17) is 15.2 Å². The molecule has 0 bridgehead atoms. The number of aliphatic imine (C=N–C) groups is 1. The molecule has 1 heterocycles. The van der Waals surface area contributed by atoms with Crippen LogP contribution in [0.3, 0.4) is 0 Å². The molecule has 5 nitrogen and oxygen atoms in total. The van der Waals surface area contributed by atoms with Crippen LogP contribution in [0.4, 0.5) is 0 Å². The average molecular weight is 283 g/mol. The third-order valence-electron chi connectivity index (χ3n) is 4.66. The first kappa shape index (κ1) is 15.6. The Hall–Kier alpha value is -0.810. The predicted octanol–water partition coefficient (Wildman–Crippen LogP) is 1.62. The van der Waals surface area contributed by atoms with Gasteiger partial charge in [-0.15, -0.1) is 0 Å². The summed E-state index contributed by atoms with van der Waals surface area (Å²) in [4.78, 5) is 6.79. The Morgan fingerprint density at radius 1 is 1.45 bits per heavy atom. The zero-order valence-electron chi connectivity index (χ0n) is 13.1. The van der Waals surface area contributed by atoms with E-state index in [1.807, 2.05) is 7.11 Å². The molecule has 20 heavy (non-hydrogen) atoms. The molecule has 1 unspecified atom stereocenters. The molecule has 0 spiro atoms. The second-order valence-electron chi connectivity index (χ2n) is 6.55. The van der Waals surface area contributed by atoms with Crippen molar-refractivity contribution in [3.05, 3.63) is 0 Å². The maximum atomic E-state index is 6.14. The molecular weight excluding hydrogens is 254 g/mol. The summed E-state index contributed by atoms with van der Waals surface area (Å²) in [6.45, 7) is 7.65. The Morgan fingerprint density at radius 3 is 2.75 bits per heavy atom. The second-order valence-corrected chi connectivity index (χ2v) is 6.55. The van der Waals surface area contributed by atoms with Crippen LogP contribution in [0.2, 0.25) is 0 Å². The topological polar surface area (TPSA) is 60.1 Å². The number of hydrogen-bond donors (Lipinski definition) is 1. The number of methoxy groups -OCH3 is 1. The van der Waals surface area contributed by atoms with Gasteiger partial charge in [0.05, 0.1) is 18.8 Å². The molecule has 0 aromatic heterocycles. The largest absolute Gasteiger partial charge is 0.381 e. The van der Waals surface area contributed by atoms with Gasteiger partial charge in [-0.25, -0.2) is 0 Å². The fourth-order valence-corrected chi connectivity index (χ4v) is 3.08. The van der Waals surface area contributed by atoms with Crippen molar-refractivity contribution in [2.75, 3.05) is 33.4 Å². The van der Waals surface area contributed by atoms with Crippen LogP contribution in [0, 0.1) is 5.41 Å². The molecule has 5 heteroatoms. The van der Waals surface area contributed by atoms with E-state index >= 15 is 0 Å². The van der Waals surface area contributed by atoms with Crippen LogP contribution in [0.5, 0.6) is 0 Å². The highest BCUT2D eigenvalue weighted by molar-refractivity contribution is 5.78. The highest BCUT2D eigenvalue weighted by Gasteiger charge is 2.31. The summed E-state index contributed by atoms with van der Waals surface area (Å²) in [5.41, 5.74) is 6.41. The minimum absolute atomic E-state index is 0.241. The zero-order valence-corrected chi connectivity index (χ0v) is 13.1. The lowest BCUT2D eigenvalue weighted by Gasteiger charge is -2.36. The van der Waals surface area contributed by atoms with Crippen LogP contribution in [0.25, 0.3) is 0 Å². The number of hydrogen-bond acceptors (Lipinski definition) is 3. The fourth-order valence-electron chi connectivity index (χ4n) is 3.08. The summed E-state index contributed by atoms with van der Waals surface area (Å²) in [6, 6.07) is 0. The van der Waals surface area contributed by atoms with Gasteiger partial charge >= 0.3 is 0 Å². The molecule has 2 N–H and O–H groups in total. The van der Waals surface area contributed by atoms with Crippen LogP contribution in [-0.2, 0) is 9.47 Å². The Morgan fingerprint density at radius 2 is 2.15 bits per heavy atom. The Bertz CT molecular complexity index is 338. The summed E-state index contributed by atoms with van der Waals surface area (Å²) in [5, 5.41) is 0. The zero-order chi connectivity index (χ0) is 14.6. The molecular formula is C15H29N3O2. The van der Waals surface area contributed by atoms with Gasteiger partial charge in [0, 0.05) is 26.7 Å². The number of nitrogens with two attached hydrogens (primary N) is 1. The fraction of sp³-hybridized carbons (Fsp3) is 0.933. The van der Waals surface area contributed by atoms with Gasteiger partial charge in [0.25, 0.3) is 0 Å². The van der Waals surface area contributed by atoms with E-state index in [0.29, 0.717) is 12.1 Å². The van der Waals surface area contributed by atoms with Crippen LogP contribution in [-0.4, -0.2) is 56.4 Å².